The molecule has 0 aromatic heterocycles. The van der Waals surface area contributed by atoms with E-state index in [4.69, 9.17) is 4.74 Å². The number of benzene rings is 3. The van der Waals surface area contributed by atoms with Gasteiger partial charge in [0.25, 0.3) is 5.91 Å². The maximum atomic E-state index is 12.8. The number of nitrogens with zero attached hydrogens (tertiary/aromatic N) is 1. The maximum Gasteiger partial charge on any atom is 0.343 e. The zero-order chi connectivity index (χ0) is 20.9. The highest BCUT2D eigenvalue weighted by Crippen LogP contribution is 2.28. The van der Waals surface area contributed by atoms with Gasteiger partial charge in [0, 0.05) is 0 Å². The number of imide groups is 1. The van der Waals surface area contributed by atoms with Crippen LogP contribution in [0.25, 0.3) is 0 Å². The van der Waals surface area contributed by atoms with Crippen LogP contribution in [0.5, 0.6) is 5.75 Å². The van der Waals surface area contributed by atoms with Crippen molar-refractivity contribution in [3.05, 3.63) is 96.1 Å². The molecule has 1 N–H and O–H groups in total. The summed E-state index contributed by atoms with van der Waals surface area (Å²) in [5, 5.41) is 3.07. The fourth-order valence-corrected chi connectivity index (χ4v) is 3.32. The summed E-state index contributed by atoms with van der Waals surface area (Å²) in [5.41, 5.74) is 1.79. The quantitative estimate of drug-likeness (QED) is 0.388. The Balaban J connectivity index is 1.48. The average molecular weight is 400 g/mol. The molecule has 0 unspecified atom stereocenters. The number of likely N-dealkylation sites (tertiary alicyclic amines) is 1. The van der Waals surface area contributed by atoms with Crippen molar-refractivity contribution in [2.45, 2.75) is 19.0 Å². The molecule has 0 radical (unpaired) electrons. The van der Waals surface area contributed by atoms with Gasteiger partial charge in [-0.1, -0.05) is 60.7 Å². The summed E-state index contributed by atoms with van der Waals surface area (Å²) in [6.07, 6.45) is 0.0482. The molecule has 1 aliphatic heterocycles. The lowest BCUT2D eigenvalue weighted by atomic mass is 10.2. The van der Waals surface area contributed by atoms with Gasteiger partial charge >= 0.3 is 5.97 Å². The SMILES string of the molecule is O=C(Oc1ccccc1N[C@@H]1CC(=O)N(Cc2ccccc2)C1=O)c1ccccc1. The number of anilines is 1. The van der Waals surface area contributed by atoms with E-state index in [2.05, 4.69) is 5.32 Å². The van der Waals surface area contributed by atoms with E-state index in [0.717, 1.165) is 5.56 Å². The molecule has 2 amide bonds. The zero-order valence-electron chi connectivity index (χ0n) is 16.2. The van der Waals surface area contributed by atoms with Crippen LogP contribution in [-0.2, 0) is 16.1 Å². The van der Waals surface area contributed by atoms with Gasteiger partial charge in [-0.15, -0.1) is 0 Å². The number of ether oxygens (including phenoxy) is 1. The molecule has 3 aromatic carbocycles. The van der Waals surface area contributed by atoms with Crippen LogP contribution in [0.1, 0.15) is 22.3 Å². The third-order valence-corrected chi connectivity index (χ3v) is 4.86. The lowest BCUT2D eigenvalue weighted by Gasteiger charge is -2.17. The van der Waals surface area contributed by atoms with Crippen molar-refractivity contribution in [2.24, 2.45) is 0 Å². The molecule has 1 aliphatic rings. The number of para-hydroxylation sites is 2. The van der Waals surface area contributed by atoms with E-state index in [1.807, 2.05) is 36.4 Å². The molecule has 0 bridgehead atoms. The number of carbonyl (C=O) groups excluding carboxylic acids is 3. The molecule has 6 nitrogen and oxygen atoms in total. The van der Waals surface area contributed by atoms with Crippen molar-refractivity contribution in [1.29, 1.82) is 0 Å². The summed E-state index contributed by atoms with van der Waals surface area (Å²) < 4.78 is 5.52. The largest absolute Gasteiger partial charge is 0.421 e. The van der Waals surface area contributed by atoms with Gasteiger partial charge < -0.3 is 10.1 Å². The molecule has 1 heterocycles. The van der Waals surface area contributed by atoms with Crippen LogP contribution in [0.4, 0.5) is 5.69 Å². The standard InChI is InChI=1S/C24H20N2O4/c27-22-15-20(23(28)26(22)16-17-9-3-1-4-10-17)25-19-13-7-8-14-21(19)30-24(29)18-11-5-2-6-12-18/h1-14,20,25H,15-16H2/t20-/m1/s1. The monoisotopic (exact) mass is 400 g/mol. The fourth-order valence-electron chi connectivity index (χ4n) is 3.32. The van der Waals surface area contributed by atoms with E-state index < -0.39 is 12.0 Å². The Hall–Kier alpha value is -3.93. The molecule has 1 saturated heterocycles. The highest BCUT2D eigenvalue weighted by molar-refractivity contribution is 6.07. The predicted octanol–water partition coefficient (Wildman–Crippen LogP) is 3.65. The summed E-state index contributed by atoms with van der Waals surface area (Å²) in [5.74, 6) is -0.731. The highest BCUT2D eigenvalue weighted by Gasteiger charge is 2.38. The number of amides is 2. The second-order valence-corrected chi connectivity index (χ2v) is 6.96. The molecule has 0 saturated carbocycles. The highest BCUT2D eigenvalue weighted by atomic mass is 16.5. The lowest BCUT2D eigenvalue weighted by Crippen LogP contribution is -2.34. The second-order valence-electron chi connectivity index (χ2n) is 6.96. The number of carbonyl (C=O) groups is 3. The van der Waals surface area contributed by atoms with Crippen LogP contribution in [0.2, 0.25) is 0 Å². The minimum absolute atomic E-state index is 0.0482. The maximum absolute atomic E-state index is 12.8. The first kappa shape index (κ1) is 19.4. The van der Waals surface area contributed by atoms with Crippen LogP contribution < -0.4 is 10.1 Å². The van der Waals surface area contributed by atoms with Gasteiger partial charge in [-0.25, -0.2) is 4.79 Å². The zero-order valence-corrected chi connectivity index (χ0v) is 16.2. The fraction of sp³-hybridized carbons (Fsp3) is 0.125. The Morgan fingerprint density at radius 2 is 1.53 bits per heavy atom. The van der Waals surface area contributed by atoms with Crippen LogP contribution >= 0.6 is 0 Å². The summed E-state index contributed by atoms with van der Waals surface area (Å²) in [6, 6.07) is 24.2. The molecule has 0 spiro atoms. The van der Waals surface area contributed by atoms with Crippen LogP contribution in [-0.4, -0.2) is 28.7 Å². The van der Waals surface area contributed by atoms with Gasteiger partial charge in [-0.05, 0) is 29.8 Å². The molecular weight excluding hydrogens is 380 g/mol. The molecule has 30 heavy (non-hydrogen) atoms. The number of hydrogen-bond donors (Lipinski definition) is 1. The summed E-state index contributed by atoms with van der Waals surface area (Å²) in [6.45, 7) is 0.237. The van der Waals surface area contributed by atoms with Gasteiger partial charge in [0.1, 0.15) is 6.04 Å². The molecule has 1 atom stereocenters. The molecule has 3 aromatic rings. The molecule has 0 aliphatic carbocycles. The van der Waals surface area contributed by atoms with Crippen molar-refractivity contribution in [3.8, 4) is 5.75 Å². The van der Waals surface area contributed by atoms with Crippen molar-refractivity contribution in [2.75, 3.05) is 5.32 Å². The van der Waals surface area contributed by atoms with E-state index in [1.54, 1.807) is 48.5 Å². The van der Waals surface area contributed by atoms with Crippen molar-refractivity contribution >= 4 is 23.5 Å². The van der Waals surface area contributed by atoms with Crippen molar-refractivity contribution in [1.82, 2.24) is 4.90 Å². The average Bonchev–Trinajstić information content (AvgIpc) is 3.04. The van der Waals surface area contributed by atoms with Crippen molar-refractivity contribution in [3.63, 3.8) is 0 Å². The number of rotatable bonds is 6. The first-order valence-corrected chi connectivity index (χ1v) is 9.63. The summed E-state index contributed by atoms with van der Waals surface area (Å²) in [7, 11) is 0. The van der Waals surface area contributed by atoms with Crippen LogP contribution in [0.3, 0.4) is 0 Å². The van der Waals surface area contributed by atoms with Crippen LogP contribution in [0.15, 0.2) is 84.9 Å². The molecular formula is C24H20N2O4. The van der Waals surface area contributed by atoms with Gasteiger partial charge in [0.2, 0.25) is 5.91 Å². The topological polar surface area (TPSA) is 75.7 Å². The molecule has 1 fully saturated rings. The second kappa shape index (κ2) is 8.61. The third-order valence-electron chi connectivity index (χ3n) is 4.86. The number of esters is 1. The summed E-state index contributed by atoms with van der Waals surface area (Å²) in [4.78, 5) is 38.9. The van der Waals surface area contributed by atoms with Crippen LogP contribution in [0, 0.1) is 0 Å². The predicted molar refractivity (Wildman–Crippen MR) is 112 cm³/mol. The van der Waals surface area contributed by atoms with E-state index in [-0.39, 0.29) is 24.8 Å². The van der Waals surface area contributed by atoms with Gasteiger partial charge in [-0.2, -0.15) is 0 Å². The van der Waals surface area contributed by atoms with Gasteiger partial charge in [0.05, 0.1) is 24.2 Å². The molecule has 4 rings (SSSR count). The normalized spacial score (nSPS) is 15.9. The Bertz CT molecular complexity index is 1070. The molecule has 6 heteroatoms. The van der Waals surface area contributed by atoms with Gasteiger partial charge in [-0.3, -0.25) is 14.5 Å². The summed E-state index contributed by atoms with van der Waals surface area (Å²) >= 11 is 0. The first-order chi connectivity index (χ1) is 14.6. The minimum Gasteiger partial charge on any atom is -0.421 e. The number of nitrogens with one attached hydrogen (secondary N) is 1. The molecule has 150 valence electrons. The minimum atomic E-state index is -0.710. The Labute approximate surface area is 174 Å². The Kier molecular flexibility index (Phi) is 5.57. The van der Waals surface area contributed by atoms with Gasteiger partial charge in [0.15, 0.2) is 5.75 Å². The lowest BCUT2D eigenvalue weighted by molar-refractivity contribution is -0.139. The van der Waals surface area contributed by atoms with E-state index in [0.29, 0.717) is 17.0 Å². The first-order valence-electron chi connectivity index (χ1n) is 9.63. The van der Waals surface area contributed by atoms with E-state index in [1.165, 1.54) is 4.90 Å². The number of hydrogen-bond acceptors (Lipinski definition) is 5. The van der Waals surface area contributed by atoms with E-state index in [9.17, 15) is 14.4 Å². The van der Waals surface area contributed by atoms with E-state index >= 15 is 0 Å². The Morgan fingerprint density at radius 3 is 2.27 bits per heavy atom. The van der Waals surface area contributed by atoms with Crippen molar-refractivity contribution < 1.29 is 19.1 Å². The third kappa shape index (κ3) is 4.22. The Morgan fingerprint density at radius 1 is 0.900 bits per heavy atom. The smallest absolute Gasteiger partial charge is 0.343 e.